The van der Waals surface area contributed by atoms with Gasteiger partial charge < -0.3 is 14.5 Å². The quantitative estimate of drug-likeness (QED) is 0.537. The lowest BCUT2D eigenvalue weighted by Crippen LogP contribution is -2.52. The minimum atomic E-state index is -2.97. The Balaban J connectivity index is 1.42. The van der Waals surface area contributed by atoms with Crippen molar-refractivity contribution in [3.05, 3.63) is 82.2 Å². The summed E-state index contributed by atoms with van der Waals surface area (Å²) in [6.45, 7) is 1.75. The van der Waals surface area contributed by atoms with Crippen molar-refractivity contribution in [1.82, 2.24) is 19.0 Å². The number of halogens is 4. The molecule has 11 heteroatoms. The Kier molecular flexibility index (Phi) is 6.79. The Bertz CT molecular complexity index is 1270. The fourth-order valence-corrected chi connectivity index (χ4v) is 4.27. The Morgan fingerprint density at radius 2 is 1.91 bits per heavy atom. The van der Waals surface area contributed by atoms with Crippen molar-refractivity contribution in [1.29, 1.82) is 0 Å². The zero-order valence-corrected chi connectivity index (χ0v) is 19.2. The van der Waals surface area contributed by atoms with E-state index in [-0.39, 0.29) is 31.0 Å². The van der Waals surface area contributed by atoms with E-state index in [9.17, 15) is 27.2 Å². The highest BCUT2D eigenvalue weighted by molar-refractivity contribution is 5.93. The summed E-state index contributed by atoms with van der Waals surface area (Å²) in [6, 6.07) is 5.14. The molecule has 1 saturated heterocycles. The molecule has 1 aliphatic heterocycles. The molecule has 1 amide bonds. The van der Waals surface area contributed by atoms with Gasteiger partial charge in [-0.3, -0.25) is 14.5 Å². The highest BCUT2D eigenvalue weighted by Crippen LogP contribution is 2.40. The van der Waals surface area contributed by atoms with E-state index in [4.69, 9.17) is 0 Å². The van der Waals surface area contributed by atoms with Crippen molar-refractivity contribution in [2.75, 3.05) is 18.4 Å². The average molecular weight is 491 g/mol. The highest BCUT2D eigenvalue weighted by Gasteiger charge is 2.46. The van der Waals surface area contributed by atoms with Crippen LogP contribution in [0, 0.1) is 11.6 Å². The second-order valence-electron chi connectivity index (χ2n) is 8.84. The van der Waals surface area contributed by atoms with Gasteiger partial charge in [0.05, 0.1) is 18.3 Å². The average Bonchev–Trinajstić information content (AvgIpc) is 3.21. The number of aromatic nitrogens is 3. The fourth-order valence-electron chi connectivity index (χ4n) is 4.27. The van der Waals surface area contributed by atoms with Crippen LogP contribution in [0.2, 0.25) is 0 Å². The molecular formula is C24H25F4N5O2. The van der Waals surface area contributed by atoms with E-state index in [2.05, 4.69) is 10.3 Å². The van der Waals surface area contributed by atoms with Gasteiger partial charge in [0.2, 0.25) is 11.5 Å². The van der Waals surface area contributed by atoms with Crippen LogP contribution in [0.4, 0.5) is 23.4 Å². The smallest absolute Gasteiger partial charge is 0.257 e. The molecule has 1 N–H and O–H groups in total. The minimum Gasteiger partial charge on any atom is -0.331 e. The molecule has 1 aliphatic rings. The Morgan fingerprint density at radius 1 is 1.20 bits per heavy atom. The minimum absolute atomic E-state index is 0.0312. The number of anilines is 1. The second kappa shape index (κ2) is 9.65. The van der Waals surface area contributed by atoms with E-state index in [1.54, 1.807) is 16.4 Å². The Hall–Kier alpha value is -3.47. The molecule has 4 rings (SSSR count). The first kappa shape index (κ1) is 24.6. The van der Waals surface area contributed by atoms with Gasteiger partial charge in [0, 0.05) is 57.6 Å². The van der Waals surface area contributed by atoms with Crippen LogP contribution in [0.15, 0.2) is 53.8 Å². The molecule has 0 unspecified atom stereocenters. The predicted octanol–water partition coefficient (Wildman–Crippen LogP) is 3.36. The lowest BCUT2D eigenvalue weighted by molar-refractivity contribution is -0.125. The molecule has 1 aromatic carbocycles. The second-order valence-corrected chi connectivity index (χ2v) is 8.84. The molecule has 0 aliphatic carbocycles. The van der Waals surface area contributed by atoms with Crippen LogP contribution in [0.5, 0.6) is 0 Å². The van der Waals surface area contributed by atoms with Crippen LogP contribution in [-0.2, 0) is 18.4 Å². The number of carbonyl (C=O) groups is 1. The number of alkyl halides is 2. The molecular weight excluding hydrogens is 466 g/mol. The summed E-state index contributed by atoms with van der Waals surface area (Å²) in [4.78, 5) is 30.3. The largest absolute Gasteiger partial charge is 0.331 e. The third kappa shape index (κ3) is 5.61. The SMILES string of the molecule is C[C@H](C(=O)Nc1cn(Cc2cc(F)cc(F)c2)cn1)N1CCC(F)(F)[C@H](c2ccc(=O)n(C)c2)C1. The van der Waals surface area contributed by atoms with Crippen molar-refractivity contribution < 1.29 is 22.4 Å². The van der Waals surface area contributed by atoms with Gasteiger partial charge in [-0.2, -0.15) is 0 Å². The van der Waals surface area contributed by atoms with E-state index in [1.165, 1.54) is 54.6 Å². The van der Waals surface area contributed by atoms with Crippen LogP contribution in [0.3, 0.4) is 0 Å². The number of carbonyl (C=O) groups excluding carboxylic acids is 1. The van der Waals surface area contributed by atoms with Gasteiger partial charge in [0.1, 0.15) is 11.6 Å². The van der Waals surface area contributed by atoms with Crippen molar-refractivity contribution in [2.24, 2.45) is 7.05 Å². The molecule has 0 spiro atoms. The van der Waals surface area contributed by atoms with Crippen molar-refractivity contribution in [3.8, 4) is 0 Å². The van der Waals surface area contributed by atoms with Gasteiger partial charge in [0.15, 0.2) is 5.82 Å². The maximum absolute atomic E-state index is 14.7. The summed E-state index contributed by atoms with van der Waals surface area (Å²) in [5, 5.41) is 2.67. The lowest BCUT2D eigenvalue weighted by atomic mass is 9.87. The molecule has 186 valence electrons. The lowest BCUT2D eigenvalue weighted by Gasteiger charge is -2.40. The molecule has 2 atom stereocenters. The van der Waals surface area contributed by atoms with Crippen LogP contribution >= 0.6 is 0 Å². The zero-order valence-electron chi connectivity index (χ0n) is 19.2. The number of amides is 1. The number of nitrogens with zero attached hydrogens (tertiary/aromatic N) is 4. The molecule has 0 bridgehead atoms. The first-order valence-corrected chi connectivity index (χ1v) is 11.1. The molecule has 3 aromatic rings. The summed E-state index contributed by atoms with van der Waals surface area (Å²) in [5.41, 5.74) is 0.436. The van der Waals surface area contributed by atoms with E-state index < -0.39 is 41.8 Å². The van der Waals surface area contributed by atoms with Gasteiger partial charge in [-0.1, -0.05) is 6.07 Å². The summed E-state index contributed by atoms with van der Waals surface area (Å²) in [5.74, 6) is -5.70. The Labute approximate surface area is 199 Å². The van der Waals surface area contributed by atoms with Gasteiger partial charge in [-0.05, 0) is 30.2 Å². The number of aryl methyl sites for hydroxylation is 1. The van der Waals surface area contributed by atoms with Crippen LogP contribution in [0.1, 0.15) is 30.4 Å². The predicted molar refractivity (Wildman–Crippen MR) is 121 cm³/mol. The van der Waals surface area contributed by atoms with Gasteiger partial charge >= 0.3 is 0 Å². The van der Waals surface area contributed by atoms with Crippen LogP contribution < -0.4 is 10.9 Å². The third-order valence-corrected chi connectivity index (χ3v) is 6.27. The number of pyridine rings is 1. The van der Waals surface area contributed by atoms with Crippen LogP contribution in [-0.4, -0.2) is 50.0 Å². The highest BCUT2D eigenvalue weighted by atomic mass is 19.3. The van der Waals surface area contributed by atoms with Gasteiger partial charge in [-0.15, -0.1) is 0 Å². The van der Waals surface area contributed by atoms with E-state index in [0.717, 1.165) is 6.07 Å². The monoisotopic (exact) mass is 491 g/mol. The zero-order chi connectivity index (χ0) is 25.3. The molecule has 35 heavy (non-hydrogen) atoms. The standard InChI is InChI=1S/C24H25F4N5O2/c1-15(33-6-5-24(27,28)20(12-33)17-3-4-22(34)31(2)11-17)23(35)30-21-13-32(14-29-21)10-16-7-18(25)9-19(26)8-16/h3-4,7-9,11,13-15,20H,5-6,10,12H2,1-2H3,(H,30,35)/t15-,20+/m1/s1. The molecule has 1 fully saturated rings. The van der Waals surface area contributed by atoms with E-state index in [1.807, 2.05) is 0 Å². The third-order valence-electron chi connectivity index (χ3n) is 6.27. The Morgan fingerprint density at radius 3 is 2.60 bits per heavy atom. The van der Waals surface area contributed by atoms with Crippen LogP contribution in [0.25, 0.3) is 0 Å². The first-order chi connectivity index (χ1) is 16.5. The number of piperidine rings is 1. The van der Waals surface area contributed by atoms with Gasteiger partial charge in [0.25, 0.3) is 5.92 Å². The van der Waals surface area contributed by atoms with Crippen molar-refractivity contribution in [3.63, 3.8) is 0 Å². The maximum atomic E-state index is 14.7. The van der Waals surface area contributed by atoms with Crippen molar-refractivity contribution in [2.45, 2.75) is 37.8 Å². The fraction of sp³-hybridized carbons (Fsp3) is 0.375. The number of rotatable bonds is 6. The summed E-state index contributed by atoms with van der Waals surface area (Å²) in [6.07, 6.45) is 3.93. The molecule has 7 nitrogen and oxygen atoms in total. The molecule has 3 heterocycles. The molecule has 0 radical (unpaired) electrons. The number of imidazole rings is 1. The van der Waals surface area contributed by atoms with E-state index >= 15 is 0 Å². The van der Waals surface area contributed by atoms with Crippen molar-refractivity contribution >= 4 is 11.7 Å². The molecule has 2 aromatic heterocycles. The normalized spacial score (nSPS) is 18.9. The first-order valence-electron chi connectivity index (χ1n) is 11.1. The summed E-state index contributed by atoms with van der Waals surface area (Å²) < 4.78 is 59.1. The number of likely N-dealkylation sites (tertiary alicyclic amines) is 1. The number of benzene rings is 1. The topological polar surface area (TPSA) is 72.2 Å². The molecule has 0 saturated carbocycles. The van der Waals surface area contributed by atoms with Gasteiger partial charge in [-0.25, -0.2) is 22.5 Å². The number of nitrogens with one attached hydrogen (secondary N) is 1. The van der Waals surface area contributed by atoms with E-state index in [0.29, 0.717) is 11.1 Å². The summed E-state index contributed by atoms with van der Waals surface area (Å²) in [7, 11) is 1.50. The number of hydrogen-bond donors (Lipinski definition) is 1. The summed E-state index contributed by atoms with van der Waals surface area (Å²) >= 11 is 0. The number of hydrogen-bond acceptors (Lipinski definition) is 4. The maximum Gasteiger partial charge on any atom is 0.257 e.